The van der Waals surface area contributed by atoms with Gasteiger partial charge < -0.3 is 9.29 Å². The van der Waals surface area contributed by atoms with E-state index in [9.17, 15) is 13.5 Å². The van der Waals surface area contributed by atoms with Crippen LogP contribution in [-0.2, 0) is 16.5 Å². The molecule has 0 bridgehead atoms. The number of unbranched alkanes of at least 4 members (excludes halogenated alkanes) is 1. The fourth-order valence-corrected chi connectivity index (χ4v) is 3.33. The summed E-state index contributed by atoms with van der Waals surface area (Å²) < 4.78 is 29.9. The Labute approximate surface area is 125 Å². The van der Waals surface area contributed by atoms with E-state index in [4.69, 9.17) is 4.18 Å². The number of rotatable bonds is 6. The standard InChI is InChI=1S/C16H18O4S/c1-2-3-8-13-9-7-12-15(17)16(13)21(18,19)20-14-10-5-4-6-11-14/h4-7,9-12,17H,2-3,8H2,1H3. The molecule has 0 aliphatic heterocycles. The Bertz CT molecular complexity index is 693. The SMILES string of the molecule is CCCCc1cccc(O)c1S(=O)(=O)Oc1ccccc1. The molecule has 0 saturated carbocycles. The van der Waals surface area contributed by atoms with Crippen LogP contribution in [0.25, 0.3) is 0 Å². The van der Waals surface area contributed by atoms with Crippen LogP contribution in [0.3, 0.4) is 0 Å². The summed E-state index contributed by atoms with van der Waals surface area (Å²) in [4.78, 5) is -0.137. The number of aryl methyl sites for hydroxylation is 1. The third kappa shape index (κ3) is 3.76. The molecular formula is C16H18O4S. The highest BCUT2D eigenvalue weighted by Gasteiger charge is 2.24. The van der Waals surface area contributed by atoms with Crippen molar-refractivity contribution in [2.24, 2.45) is 0 Å². The normalized spacial score (nSPS) is 11.3. The second-order valence-electron chi connectivity index (χ2n) is 4.72. The molecule has 2 rings (SSSR count). The number of hydrogen-bond donors (Lipinski definition) is 1. The van der Waals surface area contributed by atoms with Crippen LogP contribution >= 0.6 is 0 Å². The van der Waals surface area contributed by atoms with Crippen molar-refractivity contribution in [1.82, 2.24) is 0 Å². The van der Waals surface area contributed by atoms with E-state index >= 15 is 0 Å². The summed E-state index contributed by atoms with van der Waals surface area (Å²) in [6.45, 7) is 2.03. The fourth-order valence-electron chi connectivity index (χ4n) is 2.07. The van der Waals surface area contributed by atoms with E-state index in [1.54, 1.807) is 42.5 Å². The zero-order valence-electron chi connectivity index (χ0n) is 11.8. The minimum atomic E-state index is -4.06. The van der Waals surface area contributed by atoms with Crippen molar-refractivity contribution in [2.75, 3.05) is 0 Å². The highest BCUT2D eigenvalue weighted by molar-refractivity contribution is 7.87. The smallest absolute Gasteiger partial charge is 0.343 e. The average molecular weight is 306 g/mol. The third-order valence-electron chi connectivity index (χ3n) is 3.07. The van der Waals surface area contributed by atoms with Gasteiger partial charge in [-0.1, -0.05) is 43.7 Å². The van der Waals surface area contributed by atoms with Crippen molar-refractivity contribution in [1.29, 1.82) is 0 Å². The minimum absolute atomic E-state index is 0.137. The van der Waals surface area contributed by atoms with Crippen LogP contribution in [-0.4, -0.2) is 13.5 Å². The number of phenolic OH excluding ortho intramolecular Hbond substituents is 1. The maximum Gasteiger partial charge on any atom is 0.343 e. The van der Waals surface area contributed by atoms with Crippen molar-refractivity contribution in [3.8, 4) is 11.5 Å². The van der Waals surface area contributed by atoms with Crippen LogP contribution in [0, 0.1) is 0 Å². The molecular weight excluding hydrogens is 288 g/mol. The molecule has 0 atom stereocenters. The number of phenols is 1. The summed E-state index contributed by atoms with van der Waals surface area (Å²) in [6, 6.07) is 13.0. The summed E-state index contributed by atoms with van der Waals surface area (Å²) in [5.41, 5.74) is 0.577. The first-order valence-corrected chi connectivity index (χ1v) is 8.26. The van der Waals surface area contributed by atoms with E-state index in [1.807, 2.05) is 6.92 Å². The van der Waals surface area contributed by atoms with E-state index < -0.39 is 10.1 Å². The van der Waals surface area contributed by atoms with Gasteiger partial charge in [-0.3, -0.25) is 0 Å². The monoisotopic (exact) mass is 306 g/mol. The Morgan fingerprint density at radius 2 is 1.76 bits per heavy atom. The number of benzene rings is 2. The van der Waals surface area contributed by atoms with E-state index in [1.165, 1.54) is 6.07 Å². The Hall–Kier alpha value is -2.01. The summed E-state index contributed by atoms with van der Waals surface area (Å²) >= 11 is 0. The number of aromatic hydroxyl groups is 1. The maximum atomic E-state index is 12.4. The summed E-state index contributed by atoms with van der Waals surface area (Å²) in [5.74, 6) is -0.0540. The molecule has 112 valence electrons. The van der Waals surface area contributed by atoms with Crippen molar-refractivity contribution in [3.05, 3.63) is 54.1 Å². The zero-order valence-corrected chi connectivity index (χ0v) is 12.6. The lowest BCUT2D eigenvalue weighted by Gasteiger charge is -2.12. The van der Waals surface area contributed by atoms with Gasteiger partial charge in [0.2, 0.25) is 0 Å². The van der Waals surface area contributed by atoms with E-state index in [0.717, 1.165) is 12.8 Å². The third-order valence-corrected chi connectivity index (χ3v) is 4.46. The van der Waals surface area contributed by atoms with Crippen molar-refractivity contribution in [2.45, 2.75) is 31.1 Å². The van der Waals surface area contributed by atoms with Crippen molar-refractivity contribution < 1.29 is 17.7 Å². The Kier molecular flexibility index (Phi) is 4.85. The van der Waals surface area contributed by atoms with E-state index in [2.05, 4.69) is 0 Å². The lowest BCUT2D eigenvalue weighted by Crippen LogP contribution is -2.12. The number of hydrogen-bond acceptors (Lipinski definition) is 4. The van der Waals surface area contributed by atoms with Gasteiger partial charge in [0, 0.05) is 0 Å². The summed E-state index contributed by atoms with van der Waals surface area (Å²) in [6.07, 6.45) is 2.36. The van der Waals surface area contributed by atoms with Crippen LogP contribution in [0.4, 0.5) is 0 Å². The van der Waals surface area contributed by atoms with Gasteiger partial charge in [-0.2, -0.15) is 8.42 Å². The molecule has 1 N–H and O–H groups in total. The molecule has 0 fully saturated rings. The van der Waals surface area contributed by atoms with Gasteiger partial charge in [-0.25, -0.2) is 0 Å². The molecule has 0 radical (unpaired) electrons. The zero-order chi connectivity index (χ0) is 15.3. The molecule has 0 aliphatic rings. The molecule has 0 aliphatic carbocycles. The maximum absolute atomic E-state index is 12.4. The topological polar surface area (TPSA) is 63.6 Å². The van der Waals surface area contributed by atoms with E-state index in [0.29, 0.717) is 12.0 Å². The van der Waals surface area contributed by atoms with Crippen LogP contribution in [0.5, 0.6) is 11.5 Å². The Morgan fingerprint density at radius 1 is 1.05 bits per heavy atom. The molecule has 0 spiro atoms. The fraction of sp³-hybridized carbons (Fsp3) is 0.250. The molecule has 0 unspecified atom stereocenters. The van der Waals surface area contributed by atoms with Crippen molar-refractivity contribution >= 4 is 10.1 Å². The highest BCUT2D eigenvalue weighted by Crippen LogP contribution is 2.30. The Balaban J connectivity index is 2.39. The van der Waals surface area contributed by atoms with Crippen LogP contribution in [0.1, 0.15) is 25.3 Å². The van der Waals surface area contributed by atoms with Crippen LogP contribution in [0.15, 0.2) is 53.4 Å². The minimum Gasteiger partial charge on any atom is -0.506 e. The molecule has 2 aromatic rings. The van der Waals surface area contributed by atoms with Crippen molar-refractivity contribution in [3.63, 3.8) is 0 Å². The predicted molar refractivity (Wildman–Crippen MR) is 81.0 cm³/mol. The highest BCUT2D eigenvalue weighted by atomic mass is 32.2. The molecule has 5 heteroatoms. The molecule has 2 aromatic carbocycles. The van der Waals surface area contributed by atoms with Crippen LogP contribution in [0.2, 0.25) is 0 Å². The first-order chi connectivity index (χ1) is 10.0. The van der Waals surface area contributed by atoms with Gasteiger partial charge in [-0.05, 0) is 36.6 Å². The average Bonchev–Trinajstić information content (AvgIpc) is 2.45. The van der Waals surface area contributed by atoms with Gasteiger partial charge in [0.15, 0.2) is 4.90 Å². The molecule has 0 heterocycles. The van der Waals surface area contributed by atoms with Gasteiger partial charge in [0.1, 0.15) is 11.5 Å². The quantitative estimate of drug-likeness (QED) is 0.830. The largest absolute Gasteiger partial charge is 0.506 e. The van der Waals surface area contributed by atoms with Gasteiger partial charge in [0.05, 0.1) is 0 Å². The van der Waals surface area contributed by atoms with Gasteiger partial charge in [-0.15, -0.1) is 0 Å². The van der Waals surface area contributed by atoms with Gasteiger partial charge in [0.25, 0.3) is 0 Å². The predicted octanol–water partition coefficient (Wildman–Crippen LogP) is 3.50. The second kappa shape index (κ2) is 6.63. The molecule has 0 aromatic heterocycles. The molecule has 0 amide bonds. The number of para-hydroxylation sites is 1. The summed E-state index contributed by atoms with van der Waals surface area (Å²) in [5, 5.41) is 9.95. The van der Waals surface area contributed by atoms with Gasteiger partial charge >= 0.3 is 10.1 Å². The molecule has 0 saturated heterocycles. The lowest BCUT2D eigenvalue weighted by molar-refractivity contribution is 0.442. The second-order valence-corrected chi connectivity index (χ2v) is 6.20. The molecule has 4 nitrogen and oxygen atoms in total. The first kappa shape index (κ1) is 15.4. The van der Waals surface area contributed by atoms with E-state index in [-0.39, 0.29) is 16.4 Å². The summed E-state index contributed by atoms with van der Waals surface area (Å²) in [7, 11) is -4.06. The first-order valence-electron chi connectivity index (χ1n) is 6.85. The van der Waals surface area contributed by atoms with Crippen LogP contribution < -0.4 is 4.18 Å². The Morgan fingerprint density at radius 3 is 2.43 bits per heavy atom. The lowest BCUT2D eigenvalue weighted by atomic mass is 10.1. The molecule has 21 heavy (non-hydrogen) atoms.